The molecule has 110 valence electrons. The minimum Gasteiger partial charge on any atom is -0.488 e. The van der Waals surface area contributed by atoms with Gasteiger partial charge < -0.3 is 10.1 Å². The van der Waals surface area contributed by atoms with E-state index in [0.717, 1.165) is 27.9 Å². The molecule has 0 saturated heterocycles. The monoisotopic (exact) mass is 413 g/mol. The zero-order valence-electron chi connectivity index (χ0n) is 11.4. The van der Waals surface area contributed by atoms with E-state index in [0.29, 0.717) is 11.0 Å². The van der Waals surface area contributed by atoms with Gasteiger partial charge in [0.2, 0.25) is 0 Å². The van der Waals surface area contributed by atoms with Crippen LogP contribution < -0.4 is 10.1 Å². The second-order valence-electron chi connectivity index (χ2n) is 5.16. The summed E-state index contributed by atoms with van der Waals surface area (Å²) in [7, 11) is 0. The van der Waals surface area contributed by atoms with Gasteiger partial charge in [0.25, 0.3) is 0 Å². The Balaban J connectivity index is 1.66. The highest BCUT2D eigenvalue weighted by Crippen LogP contribution is 2.31. The molecule has 1 N–H and O–H groups in total. The smallest absolute Gasteiger partial charge is 0.139 e. The molecule has 0 spiro atoms. The first-order valence-corrected chi connectivity index (χ1v) is 8.26. The van der Waals surface area contributed by atoms with Gasteiger partial charge in [-0.25, -0.2) is 4.39 Å². The average molecular weight is 415 g/mol. The van der Waals surface area contributed by atoms with E-state index in [1.165, 1.54) is 11.6 Å². The van der Waals surface area contributed by atoms with Crippen LogP contribution in [-0.2, 0) is 6.42 Å². The maximum absolute atomic E-state index is 13.6. The summed E-state index contributed by atoms with van der Waals surface area (Å²) in [5.74, 6) is 0.673. The SMILES string of the molecule is Cc1cc(Br)c(F)cc1NCC1Cc2cc(Br)ccc2O1. The van der Waals surface area contributed by atoms with E-state index in [1.54, 1.807) is 6.07 Å². The number of hydrogen-bond donors (Lipinski definition) is 1. The summed E-state index contributed by atoms with van der Waals surface area (Å²) in [4.78, 5) is 0. The highest BCUT2D eigenvalue weighted by atomic mass is 79.9. The van der Waals surface area contributed by atoms with Crippen molar-refractivity contribution >= 4 is 37.5 Å². The molecule has 0 bridgehead atoms. The maximum atomic E-state index is 13.6. The number of halogens is 3. The number of fused-ring (bicyclic) bond motifs is 1. The summed E-state index contributed by atoms with van der Waals surface area (Å²) in [5, 5.41) is 3.27. The molecule has 1 aliphatic rings. The van der Waals surface area contributed by atoms with Gasteiger partial charge in [0.1, 0.15) is 17.7 Å². The van der Waals surface area contributed by atoms with Gasteiger partial charge in [-0.15, -0.1) is 0 Å². The lowest BCUT2D eigenvalue weighted by Crippen LogP contribution is -2.24. The zero-order chi connectivity index (χ0) is 15.0. The molecule has 21 heavy (non-hydrogen) atoms. The van der Waals surface area contributed by atoms with E-state index in [9.17, 15) is 4.39 Å². The molecule has 1 atom stereocenters. The first-order valence-electron chi connectivity index (χ1n) is 6.67. The standard InChI is InChI=1S/C16H14Br2FNO/c1-9-4-13(18)14(19)7-15(9)20-8-12-6-10-5-11(17)2-3-16(10)21-12/h2-5,7,12,20H,6,8H2,1H3. The van der Waals surface area contributed by atoms with Crippen molar-refractivity contribution < 1.29 is 9.13 Å². The maximum Gasteiger partial charge on any atom is 0.139 e. The molecule has 0 fully saturated rings. The minimum atomic E-state index is -0.261. The van der Waals surface area contributed by atoms with Gasteiger partial charge in [-0.3, -0.25) is 0 Å². The van der Waals surface area contributed by atoms with Crippen molar-refractivity contribution in [2.45, 2.75) is 19.4 Å². The van der Waals surface area contributed by atoms with Crippen LogP contribution in [0.1, 0.15) is 11.1 Å². The molecule has 0 saturated carbocycles. The van der Waals surface area contributed by atoms with E-state index >= 15 is 0 Å². The van der Waals surface area contributed by atoms with Crippen LogP contribution in [0.4, 0.5) is 10.1 Å². The second kappa shape index (κ2) is 5.97. The van der Waals surface area contributed by atoms with Crippen molar-refractivity contribution in [1.82, 2.24) is 0 Å². The topological polar surface area (TPSA) is 21.3 Å². The number of benzene rings is 2. The van der Waals surface area contributed by atoms with Crippen molar-refractivity contribution in [2.24, 2.45) is 0 Å². The zero-order valence-corrected chi connectivity index (χ0v) is 14.6. The Hall–Kier alpha value is -1.07. The predicted molar refractivity (Wildman–Crippen MR) is 89.6 cm³/mol. The number of aryl methyl sites for hydroxylation is 1. The first-order chi connectivity index (χ1) is 10.0. The van der Waals surface area contributed by atoms with E-state index in [1.807, 2.05) is 19.1 Å². The van der Waals surface area contributed by atoms with Crippen LogP contribution in [0.3, 0.4) is 0 Å². The van der Waals surface area contributed by atoms with E-state index < -0.39 is 0 Å². The molecule has 2 nitrogen and oxygen atoms in total. The van der Waals surface area contributed by atoms with Gasteiger partial charge >= 0.3 is 0 Å². The summed E-state index contributed by atoms with van der Waals surface area (Å²) in [5.41, 5.74) is 3.01. The van der Waals surface area contributed by atoms with Crippen LogP contribution in [0.5, 0.6) is 5.75 Å². The molecule has 2 aromatic rings. The van der Waals surface area contributed by atoms with Crippen molar-refractivity contribution in [3.05, 3.63) is 56.2 Å². The quantitative estimate of drug-likeness (QED) is 0.756. The lowest BCUT2D eigenvalue weighted by atomic mass is 10.1. The van der Waals surface area contributed by atoms with Gasteiger partial charge in [0.05, 0.1) is 11.0 Å². The fraction of sp³-hybridized carbons (Fsp3) is 0.250. The van der Waals surface area contributed by atoms with Gasteiger partial charge in [0.15, 0.2) is 0 Å². The molecular formula is C16H14Br2FNO. The Kier molecular flexibility index (Phi) is 4.22. The molecule has 0 radical (unpaired) electrons. The van der Waals surface area contributed by atoms with Crippen LogP contribution >= 0.6 is 31.9 Å². The Morgan fingerprint density at radius 2 is 2.10 bits per heavy atom. The molecule has 1 unspecified atom stereocenters. The van der Waals surface area contributed by atoms with Crippen LogP contribution in [0.15, 0.2) is 39.3 Å². The first kappa shape index (κ1) is 14.9. The highest BCUT2D eigenvalue weighted by Gasteiger charge is 2.22. The lowest BCUT2D eigenvalue weighted by Gasteiger charge is -2.15. The van der Waals surface area contributed by atoms with Gasteiger partial charge in [-0.1, -0.05) is 15.9 Å². The van der Waals surface area contributed by atoms with Crippen molar-refractivity contribution in [1.29, 1.82) is 0 Å². The van der Waals surface area contributed by atoms with Gasteiger partial charge in [-0.05, 0) is 64.3 Å². The molecule has 0 aromatic heterocycles. The van der Waals surface area contributed by atoms with E-state index in [2.05, 4.69) is 43.2 Å². The van der Waals surface area contributed by atoms with Gasteiger partial charge in [-0.2, -0.15) is 0 Å². The van der Waals surface area contributed by atoms with E-state index in [4.69, 9.17) is 4.74 Å². The average Bonchev–Trinajstić information content (AvgIpc) is 2.83. The van der Waals surface area contributed by atoms with Crippen molar-refractivity contribution in [3.63, 3.8) is 0 Å². The molecular weight excluding hydrogens is 401 g/mol. The number of nitrogens with one attached hydrogen (secondary N) is 1. The van der Waals surface area contributed by atoms with Crippen LogP contribution in [0, 0.1) is 12.7 Å². The summed E-state index contributed by atoms with van der Waals surface area (Å²) in [6, 6.07) is 9.32. The largest absolute Gasteiger partial charge is 0.488 e. The third-order valence-electron chi connectivity index (χ3n) is 3.55. The molecule has 0 amide bonds. The normalized spacial score (nSPS) is 16.5. The summed E-state index contributed by atoms with van der Waals surface area (Å²) >= 11 is 6.66. The van der Waals surface area contributed by atoms with Crippen LogP contribution in [-0.4, -0.2) is 12.6 Å². The third-order valence-corrected chi connectivity index (χ3v) is 4.65. The van der Waals surface area contributed by atoms with Crippen molar-refractivity contribution in [3.8, 4) is 5.75 Å². The summed E-state index contributed by atoms with van der Waals surface area (Å²) in [6.45, 7) is 2.60. The van der Waals surface area contributed by atoms with Crippen LogP contribution in [0.25, 0.3) is 0 Å². The fourth-order valence-corrected chi connectivity index (χ4v) is 3.33. The fourth-order valence-electron chi connectivity index (χ4n) is 2.46. The summed E-state index contributed by atoms with van der Waals surface area (Å²) < 4.78 is 21.0. The molecule has 2 aromatic carbocycles. The number of anilines is 1. The number of hydrogen-bond acceptors (Lipinski definition) is 2. The predicted octanol–water partition coefficient (Wildman–Crippen LogP) is 5.07. The Bertz CT molecular complexity index is 690. The molecule has 3 rings (SSSR count). The minimum absolute atomic E-state index is 0.0698. The Morgan fingerprint density at radius 1 is 1.29 bits per heavy atom. The van der Waals surface area contributed by atoms with Crippen molar-refractivity contribution in [2.75, 3.05) is 11.9 Å². The highest BCUT2D eigenvalue weighted by molar-refractivity contribution is 9.10. The molecule has 1 heterocycles. The third kappa shape index (κ3) is 3.24. The number of ether oxygens (including phenoxy) is 1. The van der Waals surface area contributed by atoms with Crippen LogP contribution in [0.2, 0.25) is 0 Å². The van der Waals surface area contributed by atoms with Gasteiger partial charge in [0, 0.05) is 16.6 Å². The molecule has 1 aliphatic heterocycles. The Labute approximate surface area is 140 Å². The molecule has 0 aliphatic carbocycles. The lowest BCUT2D eigenvalue weighted by molar-refractivity contribution is 0.246. The molecule has 5 heteroatoms. The Morgan fingerprint density at radius 3 is 2.90 bits per heavy atom. The number of rotatable bonds is 3. The second-order valence-corrected chi connectivity index (χ2v) is 6.93. The van der Waals surface area contributed by atoms with E-state index in [-0.39, 0.29) is 11.9 Å². The summed E-state index contributed by atoms with van der Waals surface area (Å²) in [6.07, 6.45) is 0.931.